The molecule has 1 saturated heterocycles. The second-order valence-electron chi connectivity index (χ2n) is 5.09. The molecule has 0 bridgehead atoms. The molecule has 0 aromatic heterocycles. The fraction of sp³-hybridized carbons (Fsp3) is 0.467. The Kier molecular flexibility index (Phi) is 7.19. The number of nitrogens with zero attached hydrogens (tertiary/aromatic N) is 1. The minimum Gasteiger partial charge on any atom is -0.480 e. The molecule has 21 heavy (non-hydrogen) atoms. The third-order valence-electron chi connectivity index (χ3n) is 3.62. The molecule has 0 radical (unpaired) electrons. The maximum Gasteiger partial charge on any atom is 0.317 e. The first kappa shape index (κ1) is 17.5. The Labute approximate surface area is 130 Å². The summed E-state index contributed by atoms with van der Waals surface area (Å²) in [6.45, 7) is 1.34. The van der Waals surface area contributed by atoms with E-state index in [1.807, 2.05) is 23.1 Å². The molecule has 0 aliphatic carbocycles. The van der Waals surface area contributed by atoms with Crippen LogP contribution in [0.1, 0.15) is 29.6 Å². The topological polar surface area (TPSA) is 69.6 Å². The summed E-state index contributed by atoms with van der Waals surface area (Å²) >= 11 is 0. The summed E-state index contributed by atoms with van der Waals surface area (Å²) in [6.07, 6.45) is 3.04. The third kappa shape index (κ3) is 5.36. The SMILES string of the molecule is Cl.O=C(O)CN1CCCCC1CNC(=O)c1ccccc1. The Morgan fingerprint density at radius 2 is 1.95 bits per heavy atom. The van der Waals surface area contributed by atoms with E-state index in [1.54, 1.807) is 12.1 Å². The van der Waals surface area contributed by atoms with E-state index < -0.39 is 5.97 Å². The molecular weight excluding hydrogens is 292 g/mol. The molecule has 1 aliphatic rings. The van der Waals surface area contributed by atoms with Crippen molar-refractivity contribution in [3.63, 3.8) is 0 Å². The fourth-order valence-electron chi connectivity index (χ4n) is 2.58. The number of amides is 1. The number of benzene rings is 1. The van der Waals surface area contributed by atoms with Crippen molar-refractivity contribution in [3.8, 4) is 0 Å². The normalized spacial score (nSPS) is 18.6. The monoisotopic (exact) mass is 312 g/mol. The maximum atomic E-state index is 12.0. The van der Waals surface area contributed by atoms with Crippen LogP contribution >= 0.6 is 12.4 Å². The molecule has 0 saturated carbocycles. The minimum atomic E-state index is -0.814. The maximum absolute atomic E-state index is 12.0. The number of carbonyl (C=O) groups is 2. The second kappa shape index (κ2) is 8.64. The van der Waals surface area contributed by atoms with E-state index in [0.29, 0.717) is 12.1 Å². The molecule has 1 atom stereocenters. The van der Waals surface area contributed by atoms with Gasteiger partial charge in [0, 0.05) is 18.2 Å². The number of rotatable bonds is 5. The lowest BCUT2D eigenvalue weighted by Crippen LogP contribution is -2.48. The van der Waals surface area contributed by atoms with Gasteiger partial charge in [-0.1, -0.05) is 24.6 Å². The number of hydrogen-bond acceptors (Lipinski definition) is 3. The number of aliphatic carboxylic acids is 1. The summed E-state index contributed by atoms with van der Waals surface area (Å²) in [5.74, 6) is -0.919. The van der Waals surface area contributed by atoms with Crippen molar-refractivity contribution in [2.24, 2.45) is 0 Å². The average molecular weight is 313 g/mol. The van der Waals surface area contributed by atoms with E-state index in [9.17, 15) is 9.59 Å². The van der Waals surface area contributed by atoms with Crippen LogP contribution in [0.3, 0.4) is 0 Å². The molecule has 1 aliphatic heterocycles. The highest BCUT2D eigenvalue weighted by atomic mass is 35.5. The van der Waals surface area contributed by atoms with Crippen LogP contribution in [0.15, 0.2) is 30.3 Å². The van der Waals surface area contributed by atoms with Crippen LogP contribution in [0.2, 0.25) is 0 Å². The van der Waals surface area contributed by atoms with Crippen LogP contribution in [0, 0.1) is 0 Å². The van der Waals surface area contributed by atoms with Gasteiger partial charge in [-0.25, -0.2) is 0 Å². The zero-order valence-corrected chi connectivity index (χ0v) is 12.6. The number of piperidine rings is 1. The summed E-state index contributed by atoms with van der Waals surface area (Å²) in [6, 6.07) is 9.18. The summed E-state index contributed by atoms with van der Waals surface area (Å²) < 4.78 is 0. The first-order chi connectivity index (χ1) is 9.66. The Hall–Kier alpha value is -1.59. The van der Waals surface area contributed by atoms with E-state index >= 15 is 0 Å². The number of carboxylic acids is 1. The molecular formula is C15H21ClN2O3. The molecule has 1 amide bonds. The van der Waals surface area contributed by atoms with E-state index in [0.717, 1.165) is 25.8 Å². The van der Waals surface area contributed by atoms with E-state index in [1.165, 1.54) is 0 Å². The van der Waals surface area contributed by atoms with Gasteiger partial charge in [0.2, 0.25) is 0 Å². The zero-order valence-electron chi connectivity index (χ0n) is 11.8. The first-order valence-corrected chi connectivity index (χ1v) is 6.96. The van der Waals surface area contributed by atoms with Crippen LogP contribution in [0.4, 0.5) is 0 Å². The highest BCUT2D eigenvalue weighted by Gasteiger charge is 2.24. The number of hydrogen-bond donors (Lipinski definition) is 2. The van der Waals surface area contributed by atoms with E-state index in [4.69, 9.17) is 5.11 Å². The van der Waals surface area contributed by atoms with Gasteiger partial charge in [-0.15, -0.1) is 12.4 Å². The zero-order chi connectivity index (χ0) is 14.4. The lowest BCUT2D eigenvalue weighted by atomic mass is 10.0. The number of likely N-dealkylation sites (tertiary alicyclic amines) is 1. The van der Waals surface area contributed by atoms with Crippen LogP contribution in [-0.4, -0.2) is 47.6 Å². The molecule has 1 fully saturated rings. The molecule has 1 unspecified atom stereocenters. The van der Waals surface area contributed by atoms with Crippen molar-refractivity contribution < 1.29 is 14.7 Å². The van der Waals surface area contributed by atoms with Crippen molar-refractivity contribution in [2.45, 2.75) is 25.3 Å². The van der Waals surface area contributed by atoms with Gasteiger partial charge >= 0.3 is 5.97 Å². The van der Waals surface area contributed by atoms with Gasteiger partial charge in [-0.3, -0.25) is 14.5 Å². The van der Waals surface area contributed by atoms with Gasteiger partial charge in [0.15, 0.2) is 0 Å². The van der Waals surface area contributed by atoms with Crippen molar-refractivity contribution in [3.05, 3.63) is 35.9 Å². The molecule has 1 aromatic rings. The summed E-state index contributed by atoms with van der Waals surface area (Å²) in [5, 5.41) is 11.8. The minimum absolute atomic E-state index is 0. The van der Waals surface area contributed by atoms with Gasteiger partial charge in [-0.2, -0.15) is 0 Å². The standard InChI is InChI=1S/C15H20N2O3.ClH/c18-14(19)11-17-9-5-4-8-13(17)10-16-15(20)12-6-2-1-3-7-12;/h1-3,6-7,13H,4-5,8-11H2,(H,16,20)(H,18,19);1H. The van der Waals surface area contributed by atoms with Crippen LogP contribution in [-0.2, 0) is 4.79 Å². The van der Waals surface area contributed by atoms with E-state index in [-0.39, 0.29) is 30.9 Å². The van der Waals surface area contributed by atoms with Gasteiger partial charge in [0.25, 0.3) is 5.91 Å². The van der Waals surface area contributed by atoms with E-state index in [2.05, 4.69) is 5.32 Å². The van der Waals surface area contributed by atoms with Crippen LogP contribution in [0.25, 0.3) is 0 Å². The number of nitrogens with one attached hydrogen (secondary N) is 1. The summed E-state index contributed by atoms with van der Waals surface area (Å²) in [7, 11) is 0. The molecule has 116 valence electrons. The summed E-state index contributed by atoms with van der Waals surface area (Å²) in [4.78, 5) is 24.8. The third-order valence-corrected chi connectivity index (χ3v) is 3.62. The lowest BCUT2D eigenvalue weighted by Gasteiger charge is -2.34. The van der Waals surface area contributed by atoms with Crippen molar-refractivity contribution in [1.29, 1.82) is 0 Å². The van der Waals surface area contributed by atoms with Gasteiger partial charge in [0.05, 0.1) is 6.54 Å². The van der Waals surface area contributed by atoms with Crippen molar-refractivity contribution >= 4 is 24.3 Å². The smallest absolute Gasteiger partial charge is 0.317 e. The van der Waals surface area contributed by atoms with Crippen molar-refractivity contribution in [1.82, 2.24) is 10.2 Å². The van der Waals surface area contributed by atoms with Gasteiger partial charge in [0.1, 0.15) is 0 Å². The molecule has 2 N–H and O–H groups in total. The predicted molar refractivity (Wildman–Crippen MR) is 82.9 cm³/mol. The molecule has 6 heteroatoms. The molecule has 1 aromatic carbocycles. The quantitative estimate of drug-likeness (QED) is 0.869. The predicted octanol–water partition coefficient (Wildman–Crippen LogP) is 1.78. The highest BCUT2D eigenvalue weighted by Crippen LogP contribution is 2.16. The second-order valence-corrected chi connectivity index (χ2v) is 5.09. The molecule has 5 nitrogen and oxygen atoms in total. The Bertz CT molecular complexity index is 467. The average Bonchev–Trinajstić information content (AvgIpc) is 2.46. The lowest BCUT2D eigenvalue weighted by molar-refractivity contribution is -0.139. The highest BCUT2D eigenvalue weighted by molar-refractivity contribution is 5.94. The summed E-state index contributed by atoms with van der Waals surface area (Å²) in [5.41, 5.74) is 0.632. The van der Waals surface area contributed by atoms with Crippen LogP contribution < -0.4 is 5.32 Å². The number of carboxylic acid groups (broad SMARTS) is 1. The number of carbonyl (C=O) groups excluding carboxylic acids is 1. The largest absolute Gasteiger partial charge is 0.480 e. The Balaban J connectivity index is 0.00000220. The Morgan fingerprint density at radius 3 is 2.62 bits per heavy atom. The first-order valence-electron chi connectivity index (χ1n) is 6.96. The van der Waals surface area contributed by atoms with Gasteiger partial charge in [-0.05, 0) is 31.5 Å². The number of halogens is 1. The molecule has 2 rings (SSSR count). The van der Waals surface area contributed by atoms with Crippen LogP contribution in [0.5, 0.6) is 0 Å². The molecule has 1 heterocycles. The molecule has 0 spiro atoms. The van der Waals surface area contributed by atoms with Gasteiger partial charge < -0.3 is 10.4 Å². The van der Waals surface area contributed by atoms with Crippen molar-refractivity contribution in [2.75, 3.05) is 19.6 Å². The fourth-order valence-corrected chi connectivity index (χ4v) is 2.58. The Morgan fingerprint density at radius 1 is 1.24 bits per heavy atom.